The minimum atomic E-state index is -0.716. The zero-order chi connectivity index (χ0) is 24.4. The Bertz CT molecular complexity index is 1300. The van der Waals surface area contributed by atoms with Crippen LogP contribution in [0, 0.1) is 24.4 Å². The maximum absolute atomic E-state index is 14.1. The molecule has 1 aliphatic rings. The number of fused-ring (bicyclic) bond motifs is 1. The molecule has 178 valence electrons. The Hall–Kier alpha value is -3.75. The van der Waals surface area contributed by atoms with Crippen molar-refractivity contribution in [1.29, 1.82) is 0 Å². The first-order valence-corrected chi connectivity index (χ1v) is 10.8. The van der Waals surface area contributed by atoms with E-state index in [9.17, 15) is 22.8 Å². The molecule has 0 saturated heterocycles. The van der Waals surface area contributed by atoms with E-state index in [2.05, 4.69) is 5.32 Å². The molecule has 0 saturated carbocycles. The number of halogens is 3. The topological polar surface area (TPSA) is 63.6 Å². The average molecular weight is 471 g/mol. The first-order valence-electron chi connectivity index (χ1n) is 10.8. The molecule has 2 amide bonds. The first kappa shape index (κ1) is 23.4. The van der Waals surface area contributed by atoms with Crippen molar-refractivity contribution in [1.82, 2.24) is 14.8 Å². The number of ether oxygens (including phenoxy) is 1. The summed E-state index contributed by atoms with van der Waals surface area (Å²) in [4.78, 5) is 26.1. The van der Waals surface area contributed by atoms with Gasteiger partial charge in [-0.25, -0.2) is 18.0 Å². The molecule has 0 atom stereocenters. The van der Waals surface area contributed by atoms with Crippen molar-refractivity contribution in [2.24, 2.45) is 0 Å². The first-order chi connectivity index (χ1) is 16.3. The van der Waals surface area contributed by atoms with E-state index in [4.69, 9.17) is 4.74 Å². The van der Waals surface area contributed by atoms with E-state index in [1.165, 1.54) is 25.3 Å². The van der Waals surface area contributed by atoms with E-state index in [1.807, 2.05) is 13.0 Å². The maximum Gasteiger partial charge on any atom is 0.325 e. The number of nitrogens with zero attached hydrogens (tertiary/aromatic N) is 2. The third kappa shape index (κ3) is 4.64. The van der Waals surface area contributed by atoms with Gasteiger partial charge in [0.15, 0.2) is 0 Å². The van der Waals surface area contributed by atoms with E-state index < -0.39 is 17.6 Å². The lowest BCUT2D eigenvalue weighted by Crippen LogP contribution is -2.41. The molecule has 3 aromatic rings. The highest BCUT2D eigenvalue weighted by atomic mass is 19.1. The summed E-state index contributed by atoms with van der Waals surface area (Å²) in [7, 11) is 1.32. The van der Waals surface area contributed by atoms with Gasteiger partial charge in [-0.2, -0.15) is 0 Å². The number of carbonyl (C=O) groups is 2. The third-order valence-corrected chi connectivity index (χ3v) is 6.06. The van der Waals surface area contributed by atoms with Crippen LogP contribution in [0.4, 0.5) is 18.0 Å². The molecule has 6 nitrogen and oxygen atoms in total. The maximum atomic E-state index is 14.1. The quantitative estimate of drug-likeness (QED) is 0.556. The number of carbonyl (C=O) groups excluding carboxylic acids is 2. The summed E-state index contributed by atoms with van der Waals surface area (Å²) >= 11 is 0. The Labute approximate surface area is 194 Å². The van der Waals surface area contributed by atoms with E-state index >= 15 is 0 Å². The van der Waals surface area contributed by atoms with Gasteiger partial charge in [-0.05, 0) is 43.2 Å². The standard InChI is InChI=1S/C25H24F3N3O3/c1-15-24(20-11-18(26)5-6-22(20)31(15)14-23(32)34-2)16-7-9-30(10-8-16)25(33)29-13-17-3-4-19(27)12-21(17)28/h3-7,11-12H,8-10,13-14H2,1-2H3,(H,29,33). The molecule has 4 rings (SSSR count). The predicted octanol–water partition coefficient (Wildman–Crippen LogP) is 4.54. The zero-order valence-electron chi connectivity index (χ0n) is 18.8. The number of esters is 1. The van der Waals surface area contributed by atoms with Gasteiger partial charge in [0.05, 0.1) is 7.11 Å². The number of aromatic nitrogens is 1. The molecule has 1 N–H and O–H groups in total. The fraction of sp³-hybridized carbons (Fsp3) is 0.280. The van der Waals surface area contributed by atoms with Crippen molar-refractivity contribution in [3.63, 3.8) is 0 Å². The number of nitrogens with one attached hydrogen (secondary N) is 1. The van der Waals surface area contributed by atoms with Gasteiger partial charge in [-0.1, -0.05) is 12.1 Å². The lowest BCUT2D eigenvalue weighted by atomic mass is 9.97. The van der Waals surface area contributed by atoms with Crippen molar-refractivity contribution in [2.45, 2.75) is 26.4 Å². The average Bonchev–Trinajstić information content (AvgIpc) is 3.08. The molecule has 0 aliphatic carbocycles. The molecular weight excluding hydrogens is 447 g/mol. The normalized spacial score (nSPS) is 13.7. The third-order valence-electron chi connectivity index (χ3n) is 6.06. The largest absolute Gasteiger partial charge is 0.468 e. The Morgan fingerprint density at radius 2 is 1.82 bits per heavy atom. The van der Waals surface area contributed by atoms with Gasteiger partial charge in [0.1, 0.15) is 24.0 Å². The monoisotopic (exact) mass is 471 g/mol. The summed E-state index contributed by atoms with van der Waals surface area (Å²) in [5, 5.41) is 3.35. The van der Waals surface area contributed by atoms with Gasteiger partial charge >= 0.3 is 12.0 Å². The van der Waals surface area contributed by atoms with Gasteiger partial charge in [0.2, 0.25) is 0 Å². The number of hydrogen-bond donors (Lipinski definition) is 1. The SMILES string of the molecule is COC(=O)Cn1c(C)c(C2=CCN(C(=O)NCc3ccc(F)cc3F)CC2)c2cc(F)ccc21. The summed E-state index contributed by atoms with van der Waals surface area (Å²) in [6, 6.07) is 7.29. The van der Waals surface area contributed by atoms with Crippen LogP contribution in [0.3, 0.4) is 0 Å². The molecule has 0 spiro atoms. The second-order valence-corrected chi connectivity index (χ2v) is 8.10. The Balaban J connectivity index is 1.53. The van der Waals surface area contributed by atoms with E-state index in [0.717, 1.165) is 34.5 Å². The lowest BCUT2D eigenvalue weighted by molar-refractivity contribution is -0.141. The van der Waals surface area contributed by atoms with Gasteiger partial charge < -0.3 is 19.5 Å². The van der Waals surface area contributed by atoms with Gasteiger partial charge in [-0.3, -0.25) is 4.79 Å². The molecule has 1 aliphatic heterocycles. The molecular formula is C25H24F3N3O3. The molecule has 0 bridgehead atoms. The van der Waals surface area contributed by atoms with Gasteiger partial charge in [0, 0.05) is 53.4 Å². The van der Waals surface area contributed by atoms with Crippen LogP contribution in [0.1, 0.15) is 23.2 Å². The summed E-state index contributed by atoms with van der Waals surface area (Å²) in [5.74, 6) is -2.18. The van der Waals surface area contributed by atoms with Crippen LogP contribution in [0.2, 0.25) is 0 Å². The molecule has 2 heterocycles. The van der Waals surface area contributed by atoms with E-state index in [0.29, 0.717) is 24.9 Å². The second kappa shape index (κ2) is 9.62. The molecule has 0 fully saturated rings. The van der Waals surface area contributed by atoms with Crippen LogP contribution in [0.15, 0.2) is 42.5 Å². The Morgan fingerprint density at radius 1 is 1.09 bits per heavy atom. The van der Waals surface area contributed by atoms with Crippen molar-refractivity contribution >= 4 is 28.5 Å². The molecule has 34 heavy (non-hydrogen) atoms. The number of methoxy groups -OCH3 is 1. The van der Waals surface area contributed by atoms with Crippen LogP contribution >= 0.6 is 0 Å². The summed E-state index contributed by atoms with van der Waals surface area (Å²) in [5.41, 5.74) is 3.51. The fourth-order valence-corrected chi connectivity index (χ4v) is 4.29. The fourth-order valence-electron chi connectivity index (χ4n) is 4.29. The van der Waals surface area contributed by atoms with Crippen LogP contribution in [0.5, 0.6) is 0 Å². The Morgan fingerprint density at radius 3 is 2.50 bits per heavy atom. The summed E-state index contributed by atoms with van der Waals surface area (Å²) < 4.78 is 47.5. The van der Waals surface area contributed by atoms with Crippen LogP contribution in [-0.2, 0) is 22.6 Å². The van der Waals surface area contributed by atoms with Gasteiger partial charge in [0.25, 0.3) is 0 Å². The minimum absolute atomic E-state index is 0.00617. The highest BCUT2D eigenvalue weighted by Gasteiger charge is 2.24. The Kier molecular flexibility index (Phi) is 6.63. The molecule has 0 unspecified atom stereocenters. The summed E-state index contributed by atoms with van der Waals surface area (Å²) in [6.07, 6.45) is 2.42. The van der Waals surface area contributed by atoms with E-state index in [1.54, 1.807) is 15.5 Å². The van der Waals surface area contributed by atoms with Crippen LogP contribution < -0.4 is 5.32 Å². The lowest BCUT2D eigenvalue weighted by Gasteiger charge is -2.27. The number of urea groups is 1. The summed E-state index contributed by atoms with van der Waals surface area (Å²) in [6.45, 7) is 2.53. The smallest absolute Gasteiger partial charge is 0.325 e. The van der Waals surface area contributed by atoms with Gasteiger partial charge in [-0.15, -0.1) is 0 Å². The van der Waals surface area contributed by atoms with Crippen molar-refractivity contribution in [3.05, 3.63) is 76.7 Å². The molecule has 9 heteroatoms. The van der Waals surface area contributed by atoms with Crippen molar-refractivity contribution in [2.75, 3.05) is 20.2 Å². The minimum Gasteiger partial charge on any atom is -0.468 e. The molecule has 1 aromatic heterocycles. The molecule has 2 aromatic carbocycles. The number of rotatable bonds is 5. The second-order valence-electron chi connectivity index (χ2n) is 8.10. The number of hydrogen-bond acceptors (Lipinski definition) is 3. The predicted molar refractivity (Wildman–Crippen MR) is 121 cm³/mol. The van der Waals surface area contributed by atoms with Crippen molar-refractivity contribution in [3.8, 4) is 0 Å². The molecule has 0 radical (unpaired) electrons. The number of benzene rings is 2. The van der Waals surface area contributed by atoms with Crippen LogP contribution in [-0.4, -0.2) is 41.7 Å². The van der Waals surface area contributed by atoms with Crippen LogP contribution in [0.25, 0.3) is 16.5 Å². The van der Waals surface area contributed by atoms with E-state index in [-0.39, 0.29) is 30.5 Å². The number of amides is 2. The highest BCUT2D eigenvalue weighted by Crippen LogP contribution is 2.35. The zero-order valence-corrected chi connectivity index (χ0v) is 18.8. The highest BCUT2D eigenvalue weighted by molar-refractivity contribution is 5.96. The van der Waals surface area contributed by atoms with Crippen molar-refractivity contribution < 1.29 is 27.5 Å².